The Morgan fingerprint density at radius 1 is 1.13 bits per heavy atom. The molecular formula is C21H18FN3O5. The average Bonchev–Trinajstić information content (AvgIpc) is 2.74. The molecule has 1 amide bonds. The molecule has 0 unspecified atom stereocenters. The van der Waals surface area contributed by atoms with Gasteiger partial charge in [0.15, 0.2) is 0 Å². The molecule has 3 rings (SSSR count). The Bertz CT molecular complexity index is 1140. The van der Waals surface area contributed by atoms with E-state index in [0.717, 1.165) is 4.68 Å². The molecule has 0 fully saturated rings. The largest absolute Gasteiger partial charge is 0.497 e. The van der Waals surface area contributed by atoms with Crippen molar-refractivity contribution in [3.8, 4) is 17.0 Å². The molecule has 2 N–H and O–H groups in total. The summed E-state index contributed by atoms with van der Waals surface area (Å²) in [6.07, 6.45) is 0. The van der Waals surface area contributed by atoms with Crippen molar-refractivity contribution in [1.82, 2.24) is 15.1 Å². The van der Waals surface area contributed by atoms with Gasteiger partial charge in [0.25, 0.3) is 5.56 Å². The van der Waals surface area contributed by atoms with Crippen molar-refractivity contribution in [2.75, 3.05) is 7.11 Å². The predicted molar refractivity (Wildman–Crippen MR) is 106 cm³/mol. The van der Waals surface area contributed by atoms with Gasteiger partial charge in [-0.15, -0.1) is 0 Å². The Kier molecular flexibility index (Phi) is 6.21. The van der Waals surface area contributed by atoms with Gasteiger partial charge in [0.2, 0.25) is 5.91 Å². The first-order valence-electron chi connectivity index (χ1n) is 8.88. The van der Waals surface area contributed by atoms with Gasteiger partial charge in [0.05, 0.1) is 18.4 Å². The number of carboxylic acids is 1. The van der Waals surface area contributed by atoms with E-state index in [1.54, 1.807) is 18.2 Å². The minimum absolute atomic E-state index is 0.142. The van der Waals surface area contributed by atoms with Crippen LogP contribution in [0.15, 0.2) is 59.4 Å². The molecule has 1 heterocycles. The molecule has 2 aromatic carbocycles. The molecule has 3 aromatic rings. The molecular weight excluding hydrogens is 393 g/mol. The highest BCUT2D eigenvalue weighted by molar-refractivity contribution is 5.87. The van der Waals surface area contributed by atoms with Gasteiger partial charge >= 0.3 is 5.97 Å². The van der Waals surface area contributed by atoms with Gasteiger partial charge in [-0.2, -0.15) is 5.10 Å². The number of nitrogens with one attached hydrogen (secondary N) is 1. The number of aromatic nitrogens is 2. The third kappa shape index (κ3) is 4.88. The first-order valence-corrected chi connectivity index (χ1v) is 8.88. The highest BCUT2D eigenvalue weighted by atomic mass is 19.1. The Morgan fingerprint density at radius 3 is 2.50 bits per heavy atom. The summed E-state index contributed by atoms with van der Waals surface area (Å²) in [5, 5.41) is 15.6. The maximum absolute atomic E-state index is 14.3. The second-order valence-corrected chi connectivity index (χ2v) is 6.34. The van der Waals surface area contributed by atoms with Gasteiger partial charge in [-0.25, -0.2) is 13.9 Å². The van der Waals surface area contributed by atoms with Crippen molar-refractivity contribution < 1.29 is 23.8 Å². The third-order valence-corrected chi connectivity index (χ3v) is 4.30. The number of ether oxygens (including phenoxy) is 1. The SMILES string of the molecule is COc1ccc(-c2ccc(=O)n(CC(=O)NCc3ccc(C(=O)O)cc3)n2)c(F)c1. The Labute approximate surface area is 170 Å². The fourth-order valence-electron chi connectivity index (χ4n) is 2.69. The number of amides is 1. The molecule has 0 radical (unpaired) electrons. The minimum atomic E-state index is -1.04. The van der Waals surface area contributed by atoms with E-state index >= 15 is 0 Å². The zero-order valence-electron chi connectivity index (χ0n) is 16.0. The highest BCUT2D eigenvalue weighted by Crippen LogP contribution is 2.23. The van der Waals surface area contributed by atoms with Crippen molar-refractivity contribution in [3.05, 3.63) is 81.9 Å². The molecule has 1 aromatic heterocycles. The molecule has 0 atom stereocenters. The van der Waals surface area contributed by atoms with Crippen LogP contribution in [0.1, 0.15) is 15.9 Å². The van der Waals surface area contributed by atoms with Gasteiger partial charge in [0, 0.05) is 24.2 Å². The number of hydrogen-bond acceptors (Lipinski definition) is 5. The number of rotatable bonds is 7. The van der Waals surface area contributed by atoms with Gasteiger partial charge in [0.1, 0.15) is 18.1 Å². The van der Waals surface area contributed by atoms with Crippen LogP contribution in [0.2, 0.25) is 0 Å². The van der Waals surface area contributed by atoms with Gasteiger partial charge < -0.3 is 15.2 Å². The lowest BCUT2D eigenvalue weighted by Crippen LogP contribution is -2.33. The summed E-state index contributed by atoms with van der Waals surface area (Å²) in [5.74, 6) is -1.73. The first-order chi connectivity index (χ1) is 14.4. The maximum Gasteiger partial charge on any atom is 0.335 e. The van der Waals surface area contributed by atoms with Crippen molar-refractivity contribution >= 4 is 11.9 Å². The van der Waals surface area contributed by atoms with Crippen molar-refractivity contribution in [1.29, 1.82) is 0 Å². The Balaban J connectivity index is 1.70. The smallest absolute Gasteiger partial charge is 0.335 e. The van der Waals surface area contributed by atoms with Crippen molar-refractivity contribution in [2.45, 2.75) is 13.1 Å². The molecule has 0 spiro atoms. The topological polar surface area (TPSA) is 111 Å². The van der Waals surface area contributed by atoms with E-state index in [4.69, 9.17) is 9.84 Å². The van der Waals surface area contributed by atoms with Crippen LogP contribution in [0.5, 0.6) is 5.75 Å². The monoisotopic (exact) mass is 411 g/mol. The molecule has 0 bridgehead atoms. The maximum atomic E-state index is 14.3. The van der Waals surface area contributed by atoms with E-state index in [1.807, 2.05) is 0 Å². The lowest BCUT2D eigenvalue weighted by Gasteiger charge is -2.09. The van der Waals surface area contributed by atoms with Crippen molar-refractivity contribution in [2.24, 2.45) is 0 Å². The van der Waals surface area contributed by atoms with Crippen LogP contribution in [0.4, 0.5) is 4.39 Å². The molecule has 0 aliphatic rings. The molecule has 0 aliphatic carbocycles. The standard InChI is InChI=1S/C21H18FN3O5/c1-30-15-6-7-16(17(22)10-15)18-8-9-20(27)25(24-18)12-19(26)23-11-13-2-4-14(5-3-13)21(28)29/h2-10H,11-12H2,1H3,(H,23,26)(H,28,29). The summed E-state index contributed by atoms with van der Waals surface area (Å²) in [7, 11) is 1.42. The van der Waals surface area contributed by atoms with Crippen molar-refractivity contribution in [3.63, 3.8) is 0 Å². The van der Waals surface area contributed by atoms with Crippen LogP contribution >= 0.6 is 0 Å². The predicted octanol–water partition coefficient (Wildman–Crippen LogP) is 2.07. The lowest BCUT2D eigenvalue weighted by atomic mass is 10.1. The lowest BCUT2D eigenvalue weighted by molar-refractivity contribution is -0.122. The number of benzene rings is 2. The summed E-state index contributed by atoms with van der Waals surface area (Å²) in [5.41, 5.74) is 0.704. The molecule has 154 valence electrons. The van der Waals surface area contributed by atoms with E-state index in [2.05, 4.69) is 10.4 Å². The van der Waals surface area contributed by atoms with E-state index < -0.39 is 23.3 Å². The van der Waals surface area contributed by atoms with Crippen LogP contribution in [0.25, 0.3) is 11.3 Å². The number of hydrogen-bond donors (Lipinski definition) is 2. The summed E-state index contributed by atoms with van der Waals surface area (Å²) in [6.45, 7) is -0.196. The summed E-state index contributed by atoms with van der Waals surface area (Å²) < 4.78 is 20.2. The quantitative estimate of drug-likeness (QED) is 0.616. The van der Waals surface area contributed by atoms with Crippen LogP contribution < -0.4 is 15.6 Å². The average molecular weight is 411 g/mol. The molecule has 0 saturated carbocycles. The highest BCUT2D eigenvalue weighted by Gasteiger charge is 2.12. The van der Waals surface area contributed by atoms with Gasteiger partial charge in [-0.3, -0.25) is 9.59 Å². The number of carbonyl (C=O) groups is 2. The number of carbonyl (C=O) groups excluding carboxylic acids is 1. The molecule has 0 saturated heterocycles. The zero-order valence-corrected chi connectivity index (χ0v) is 16.0. The number of nitrogens with zero attached hydrogens (tertiary/aromatic N) is 2. The molecule has 9 heteroatoms. The van der Waals surface area contributed by atoms with Gasteiger partial charge in [-0.1, -0.05) is 12.1 Å². The molecule has 0 aliphatic heterocycles. The van der Waals surface area contributed by atoms with Crippen LogP contribution in [-0.4, -0.2) is 33.9 Å². The van der Waals surface area contributed by atoms with E-state index in [-0.39, 0.29) is 29.9 Å². The van der Waals surface area contributed by atoms with Crippen LogP contribution in [0, 0.1) is 5.82 Å². The Morgan fingerprint density at radius 2 is 1.87 bits per heavy atom. The van der Waals surface area contributed by atoms with Crippen LogP contribution in [-0.2, 0) is 17.9 Å². The first kappa shape index (κ1) is 20.7. The fourth-order valence-corrected chi connectivity index (χ4v) is 2.69. The van der Waals surface area contributed by atoms with Gasteiger partial charge in [-0.05, 0) is 35.9 Å². The Hall–Kier alpha value is -4.01. The number of methoxy groups -OCH3 is 1. The van der Waals surface area contributed by atoms with E-state index in [1.165, 1.54) is 43.5 Å². The number of aromatic carboxylic acids is 1. The van der Waals surface area contributed by atoms with E-state index in [0.29, 0.717) is 11.3 Å². The minimum Gasteiger partial charge on any atom is -0.497 e. The second-order valence-electron chi connectivity index (χ2n) is 6.34. The molecule has 30 heavy (non-hydrogen) atoms. The zero-order chi connectivity index (χ0) is 21.7. The molecule has 8 nitrogen and oxygen atoms in total. The van der Waals surface area contributed by atoms with Crippen LogP contribution in [0.3, 0.4) is 0 Å². The fraction of sp³-hybridized carbons (Fsp3) is 0.143. The van der Waals surface area contributed by atoms with E-state index in [9.17, 15) is 18.8 Å². The summed E-state index contributed by atoms with van der Waals surface area (Å²) in [6, 6.07) is 12.9. The summed E-state index contributed by atoms with van der Waals surface area (Å²) in [4.78, 5) is 35.1. The number of carboxylic acid groups (broad SMARTS) is 1. The number of halogens is 1. The normalized spacial score (nSPS) is 10.5. The second kappa shape index (κ2) is 8.99. The summed E-state index contributed by atoms with van der Waals surface area (Å²) >= 11 is 0. The third-order valence-electron chi connectivity index (χ3n) is 4.30.